The quantitative estimate of drug-likeness (QED) is 0.234. The zero-order valence-electron chi connectivity index (χ0n) is 25.3. The summed E-state index contributed by atoms with van der Waals surface area (Å²) in [4.78, 5) is 43.3. The van der Waals surface area contributed by atoms with Crippen LogP contribution in [0.4, 0.5) is 10.5 Å². The molecule has 0 bridgehead atoms. The van der Waals surface area contributed by atoms with Crippen LogP contribution in [-0.2, 0) is 36.8 Å². The first-order chi connectivity index (χ1) is 21.4. The molecule has 0 spiro atoms. The van der Waals surface area contributed by atoms with E-state index in [-0.39, 0.29) is 31.9 Å². The second-order valence-corrected chi connectivity index (χ2v) is 10.9. The molecule has 2 aliphatic rings. The van der Waals surface area contributed by atoms with Crippen molar-refractivity contribution in [1.82, 2.24) is 4.90 Å². The van der Waals surface area contributed by atoms with E-state index >= 15 is 0 Å². The maximum Gasteiger partial charge on any atom is 0.410 e. The molecule has 232 valence electrons. The summed E-state index contributed by atoms with van der Waals surface area (Å²) in [5, 5.41) is 0. The number of anilines is 1. The first-order valence-corrected chi connectivity index (χ1v) is 14.7. The summed E-state index contributed by atoms with van der Waals surface area (Å²) in [5.74, 6) is -0.118. The highest BCUT2D eigenvalue weighted by atomic mass is 16.7. The molecule has 0 aromatic heterocycles. The van der Waals surface area contributed by atoms with Crippen molar-refractivity contribution in [3.8, 4) is 11.5 Å². The van der Waals surface area contributed by atoms with E-state index in [4.69, 9.17) is 23.7 Å². The van der Waals surface area contributed by atoms with Gasteiger partial charge in [0.15, 0.2) is 12.9 Å². The number of hydrogen-bond acceptors (Lipinski definition) is 8. The molecule has 0 radical (unpaired) electrons. The van der Waals surface area contributed by atoms with Gasteiger partial charge in [-0.25, -0.2) is 4.79 Å². The Bertz CT molecular complexity index is 1450. The molecule has 1 unspecified atom stereocenters. The van der Waals surface area contributed by atoms with Gasteiger partial charge < -0.3 is 33.5 Å². The summed E-state index contributed by atoms with van der Waals surface area (Å²) < 4.78 is 27.6. The van der Waals surface area contributed by atoms with Gasteiger partial charge in [-0.15, -0.1) is 0 Å². The first kappa shape index (κ1) is 30.9. The first-order valence-electron chi connectivity index (χ1n) is 14.7. The average molecular weight is 603 g/mol. The Morgan fingerprint density at radius 3 is 2.41 bits per heavy atom. The van der Waals surface area contributed by atoms with Crippen LogP contribution in [0.1, 0.15) is 42.4 Å². The van der Waals surface area contributed by atoms with E-state index in [9.17, 15) is 14.4 Å². The van der Waals surface area contributed by atoms with Crippen molar-refractivity contribution in [2.75, 3.05) is 39.0 Å². The molecular weight excluding hydrogens is 564 g/mol. The fourth-order valence-corrected chi connectivity index (χ4v) is 5.92. The fraction of sp³-hybridized carbons (Fsp3) is 0.382. The maximum absolute atomic E-state index is 14.4. The number of rotatable bonds is 10. The van der Waals surface area contributed by atoms with Crippen LogP contribution >= 0.6 is 0 Å². The minimum Gasteiger partial charge on any atom is -0.497 e. The molecule has 10 heteroatoms. The number of hydrogen-bond donors (Lipinski definition) is 0. The van der Waals surface area contributed by atoms with Gasteiger partial charge in [-0.2, -0.15) is 0 Å². The van der Waals surface area contributed by atoms with Crippen LogP contribution in [0.3, 0.4) is 0 Å². The molecule has 3 aromatic rings. The van der Waals surface area contributed by atoms with Gasteiger partial charge in [-0.1, -0.05) is 42.5 Å². The second kappa shape index (κ2) is 14.3. The second-order valence-electron chi connectivity index (χ2n) is 10.9. The predicted octanol–water partition coefficient (Wildman–Crippen LogP) is 5.08. The van der Waals surface area contributed by atoms with Crippen molar-refractivity contribution in [2.45, 2.75) is 50.9 Å². The van der Waals surface area contributed by atoms with Crippen LogP contribution in [0, 0.1) is 0 Å². The highest BCUT2D eigenvalue weighted by molar-refractivity contribution is 6.00. The van der Waals surface area contributed by atoms with Crippen molar-refractivity contribution >= 4 is 23.7 Å². The average Bonchev–Trinajstić information content (AvgIpc) is 3.48. The Balaban J connectivity index is 1.47. The predicted molar refractivity (Wildman–Crippen MR) is 163 cm³/mol. The Labute approximate surface area is 257 Å². The van der Waals surface area contributed by atoms with Gasteiger partial charge in [0.05, 0.1) is 13.2 Å². The molecule has 2 heterocycles. The smallest absolute Gasteiger partial charge is 0.410 e. The lowest BCUT2D eigenvalue weighted by Crippen LogP contribution is -2.49. The molecule has 0 saturated carbocycles. The summed E-state index contributed by atoms with van der Waals surface area (Å²) in [6, 6.07) is 22.2. The molecule has 1 fully saturated rings. The van der Waals surface area contributed by atoms with E-state index in [0.717, 1.165) is 23.1 Å². The number of ether oxygens (including phenoxy) is 5. The number of benzene rings is 3. The molecule has 5 rings (SSSR count). The van der Waals surface area contributed by atoms with Gasteiger partial charge in [-0.3, -0.25) is 9.59 Å². The van der Waals surface area contributed by atoms with Crippen LogP contribution in [-0.4, -0.2) is 69.1 Å². The summed E-state index contributed by atoms with van der Waals surface area (Å²) >= 11 is 0. The van der Waals surface area contributed by atoms with E-state index < -0.39 is 24.1 Å². The van der Waals surface area contributed by atoms with E-state index in [0.29, 0.717) is 36.6 Å². The Morgan fingerprint density at radius 2 is 1.70 bits per heavy atom. The van der Waals surface area contributed by atoms with Crippen LogP contribution < -0.4 is 14.4 Å². The lowest BCUT2D eigenvalue weighted by atomic mass is 9.87. The van der Waals surface area contributed by atoms with Gasteiger partial charge in [-0.05, 0) is 66.3 Å². The van der Waals surface area contributed by atoms with Crippen molar-refractivity contribution in [2.24, 2.45) is 0 Å². The number of methoxy groups -OCH3 is 2. The topological polar surface area (TPSA) is 104 Å². The molecule has 44 heavy (non-hydrogen) atoms. The van der Waals surface area contributed by atoms with E-state index in [1.165, 1.54) is 6.92 Å². The third kappa shape index (κ3) is 7.14. The summed E-state index contributed by atoms with van der Waals surface area (Å²) in [6.07, 6.45) is 0.381. The van der Waals surface area contributed by atoms with Gasteiger partial charge in [0.1, 0.15) is 18.1 Å². The number of likely N-dealkylation sites (tertiary alicyclic amines) is 1. The summed E-state index contributed by atoms with van der Waals surface area (Å²) in [5.41, 5.74) is 3.25. The largest absolute Gasteiger partial charge is 0.497 e. The van der Waals surface area contributed by atoms with Crippen molar-refractivity contribution in [1.29, 1.82) is 0 Å². The normalized spacial score (nSPS) is 19.6. The Hall–Kier alpha value is -4.57. The lowest BCUT2D eigenvalue weighted by molar-refractivity contribution is -0.154. The standard InChI is InChI=1S/C34H38N2O8/c1-23(37)44-32-30(25-11-13-28(41-3)14-12-25)19-26-18-29(43-22-40-2)15-16-31(26)36(33(32)38)20-27-10-7-17-35(27)34(39)42-21-24-8-5-4-6-9-24/h4-6,8-9,11-16,18,27,30,32H,7,10,17,19-22H2,1-3H3/t27?,30-,32+/m0/s1. The number of esters is 1. The molecule has 10 nitrogen and oxygen atoms in total. The molecule has 0 aliphatic carbocycles. The summed E-state index contributed by atoms with van der Waals surface area (Å²) in [6.45, 7) is 2.29. The fourth-order valence-electron chi connectivity index (χ4n) is 5.92. The van der Waals surface area contributed by atoms with E-state index in [1.54, 1.807) is 30.1 Å². The minimum absolute atomic E-state index is 0.0710. The van der Waals surface area contributed by atoms with Crippen molar-refractivity contribution in [3.05, 3.63) is 89.5 Å². The third-order valence-corrected chi connectivity index (χ3v) is 8.05. The number of amides is 2. The Morgan fingerprint density at radius 1 is 0.955 bits per heavy atom. The third-order valence-electron chi connectivity index (χ3n) is 8.05. The molecule has 3 atom stereocenters. The number of carbonyl (C=O) groups excluding carboxylic acids is 3. The molecule has 2 amide bonds. The highest BCUT2D eigenvalue weighted by Gasteiger charge is 2.42. The number of fused-ring (bicyclic) bond motifs is 1. The number of nitrogens with zero attached hydrogens (tertiary/aromatic N) is 2. The molecular formula is C34H38N2O8. The SMILES string of the molecule is COCOc1ccc2c(c1)C[C@@H](c1ccc(OC)cc1)[C@@H](OC(C)=O)C(=O)N2CC1CCCN1C(=O)OCc1ccccc1. The van der Waals surface area contributed by atoms with Crippen LogP contribution in [0.25, 0.3) is 0 Å². The lowest BCUT2D eigenvalue weighted by Gasteiger charge is -2.32. The summed E-state index contributed by atoms with van der Waals surface area (Å²) in [7, 11) is 3.14. The van der Waals surface area contributed by atoms with Gasteiger partial charge >= 0.3 is 12.1 Å². The van der Waals surface area contributed by atoms with Crippen molar-refractivity contribution < 1.29 is 38.1 Å². The maximum atomic E-state index is 14.4. The molecule has 3 aromatic carbocycles. The van der Waals surface area contributed by atoms with Gasteiger partial charge in [0.25, 0.3) is 5.91 Å². The molecule has 0 N–H and O–H groups in total. The zero-order chi connectivity index (χ0) is 31.1. The van der Waals surface area contributed by atoms with E-state index in [1.807, 2.05) is 66.7 Å². The van der Waals surface area contributed by atoms with Crippen LogP contribution in [0.2, 0.25) is 0 Å². The van der Waals surface area contributed by atoms with Crippen LogP contribution in [0.5, 0.6) is 11.5 Å². The molecule has 2 aliphatic heterocycles. The zero-order valence-corrected chi connectivity index (χ0v) is 25.3. The minimum atomic E-state index is -1.09. The Kier molecular flexibility index (Phi) is 10.0. The molecule has 1 saturated heterocycles. The van der Waals surface area contributed by atoms with Crippen molar-refractivity contribution in [3.63, 3.8) is 0 Å². The monoisotopic (exact) mass is 602 g/mol. The van der Waals surface area contributed by atoms with E-state index in [2.05, 4.69) is 0 Å². The van der Waals surface area contributed by atoms with Gasteiger partial charge in [0, 0.05) is 38.7 Å². The van der Waals surface area contributed by atoms with Crippen LogP contribution in [0.15, 0.2) is 72.8 Å². The highest BCUT2D eigenvalue weighted by Crippen LogP contribution is 2.39. The number of carbonyl (C=O) groups is 3. The van der Waals surface area contributed by atoms with Gasteiger partial charge in [0.2, 0.25) is 0 Å².